The Morgan fingerprint density at radius 3 is 1.14 bits per heavy atom. The monoisotopic (exact) mass is 1960 g/mol. The van der Waals surface area contributed by atoms with E-state index in [0.29, 0.717) is 34.9 Å². The summed E-state index contributed by atoms with van der Waals surface area (Å²) in [5, 5.41) is 6.06. The minimum atomic E-state index is -0.139. The number of ether oxygens (including phenoxy) is 1. The molecular formula is C131H194N8O5. The number of Topliss-reactive ketones (excluding diaryl/α,β-unsaturated/α-hetero) is 3. The SMILES string of the molecule is CC1(C)C=CN(C(C)(C)C)CC1.CCCCCCC.CCCCCCCCC(=O)C1=CN(C(C)(C)C)CCC1(C)C.CCCCCCCCC(=O)C1=CN(c2ccc(C)cc2)CCC1(C)C.CNc1ccccc1.COc1ccccc1.Cc1ccc(N)cc1NC(=O)C1=CN(C(C)(C)C)CCC1(C)C.Cc1ccccc1.Nc1ccccc1.O=C1CCCC1.c1ccc2c(c1)Cc1ccccc1-2.c1ccccc1. The lowest BCUT2D eigenvalue weighted by Gasteiger charge is -2.43. The first-order chi connectivity index (χ1) is 68.3. The second kappa shape index (κ2) is 66.8. The molecule has 1 fully saturated rings. The lowest BCUT2D eigenvalue weighted by Crippen LogP contribution is -2.45. The number of anilines is 5. The fourth-order valence-electron chi connectivity index (χ4n) is 16.9. The smallest absolute Gasteiger partial charge is 0.253 e. The molecule has 9 aromatic carbocycles. The highest BCUT2D eigenvalue weighted by Crippen LogP contribution is 2.42. The number of unbranched alkanes of at least 4 members (excludes halogenated alkanes) is 14. The van der Waals surface area contributed by atoms with Gasteiger partial charge in [-0.25, -0.2) is 0 Å². The van der Waals surface area contributed by atoms with Crippen molar-refractivity contribution < 1.29 is 23.9 Å². The number of nitrogens with zero attached hydrogens (tertiary/aromatic N) is 4. The number of nitrogen functional groups attached to an aromatic ring is 2. The highest BCUT2D eigenvalue weighted by Gasteiger charge is 2.38. The van der Waals surface area contributed by atoms with E-state index in [0.717, 1.165) is 135 Å². The molecule has 0 unspecified atom stereocenters. The van der Waals surface area contributed by atoms with Crippen LogP contribution in [-0.2, 0) is 25.6 Å². The van der Waals surface area contributed by atoms with Crippen molar-refractivity contribution in [2.75, 3.05) is 67.3 Å². The van der Waals surface area contributed by atoms with E-state index in [-0.39, 0.29) is 38.8 Å². The summed E-state index contributed by atoms with van der Waals surface area (Å²) in [4.78, 5) is 57.9. The van der Waals surface area contributed by atoms with Crippen LogP contribution < -0.4 is 31.7 Å². The average molecular weight is 1960 g/mol. The Balaban J connectivity index is 0.000000339. The van der Waals surface area contributed by atoms with Crippen molar-refractivity contribution in [3.05, 3.63) is 324 Å². The molecule has 0 bridgehead atoms. The molecule has 1 amide bonds. The number of nitrogens with two attached hydrogens (primary N) is 2. The molecule has 2 aliphatic carbocycles. The number of rotatable bonds is 25. The van der Waals surface area contributed by atoms with E-state index < -0.39 is 0 Å². The molecule has 13 nitrogen and oxygen atoms in total. The largest absolute Gasteiger partial charge is 0.497 e. The molecule has 6 N–H and O–H groups in total. The summed E-state index contributed by atoms with van der Waals surface area (Å²) in [6.45, 7) is 56.9. The normalized spacial score (nSPS) is 15.0. The second-order valence-electron chi connectivity index (χ2n) is 44.8. The molecule has 4 aliphatic heterocycles. The third-order valence-electron chi connectivity index (χ3n) is 27.0. The van der Waals surface area contributed by atoms with Crippen LogP contribution in [0.2, 0.25) is 0 Å². The van der Waals surface area contributed by atoms with Crippen LogP contribution in [0.5, 0.6) is 5.75 Å². The third kappa shape index (κ3) is 50.6. The average Bonchev–Trinajstić information content (AvgIpc) is 1.35. The van der Waals surface area contributed by atoms with Gasteiger partial charge in [0.25, 0.3) is 5.91 Å². The zero-order valence-electron chi connectivity index (χ0n) is 94.7. The highest BCUT2D eigenvalue weighted by atomic mass is 16.5. The Labute approximate surface area is 877 Å². The Bertz CT molecular complexity index is 4990. The Hall–Kier alpha value is -11.2. The molecule has 0 aromatic heterocycles. The van der Waals surface area contributed by atoms with Gasteiger partial charge in [0.2, 0.25) is 0 Å². The van der Waals surface area contributed by atoms with Gasteiger partial charge in [-0.1, -0.05) is 385 Å². The zero-order valence-corrected chi connectivity index (χ0v) is 94.7. The van der Waals surface area contributed by atoms with Crippen LogP contribution in [0, 0.1) is 42.4 Å². The molecule has 0 atom stereocenters. The van der Waals surface area contributed by atoms with E-state index in [1.54, 1.807) is 7.11 Å². The summed E-state index contributed by atoms with van der Waals surface area (Å²) in [5.74, 6) is 2.03. The van der Waals surface area contributed by atoms with E-state index in [1.165, 1.54) is 148 Å². The maximum absolute atomic E-state index is 12.9. The van der Waals surface area contributed by atoms with Crippen molar-refractivity contribution in [3.8, 4) is 16.9 Å². The van der Waals surface area contributed by atoms with Crippen LogP contribution >= 0.6 is 0 Å². The molecule has 0 spiro atoms. The summed E-state index contributed by atoms with van der Waals surface area (Å²) in [5.41, 5.74) is 28.7. The lowest BCUT2D eigenvalue weighted by atomic mass is 9.76. The zero-order chi connectivity index (χ0) is 107. The van der Waals surface area contributed by atoms with Gasteiger partial charge in [0.15, 0.2) is 11.6 Å². The first kappa shape index (κ1) is 125. The number of para-hydroxylation sites is 3. The van der Waals surface area contributed by atoms with Crippen molar-refractivity contribution in [1.82, 2.24) is 14.7 Å². The van der Waals surface area contributed by atoms with Gasteiger partial charge in [0, 0.05) is 139 Å². The standard InChI is InChI=1S/C23H35NO.C20H37NO.C19H29N3O.C13H10.C11H21N.C7H9N.C7H8O.C7H8.C7H16.C6H7N.C6H6.C5H8O/c1-5-6-7-8-9-10-11-22(25)21-18-24(17-16-23(21,3)4)20-14-12-19(2)13-15-20;1-7-8-9-10-11-12-13-18(22)17-16-21(19(2,3)4)15-14-20(17,5)6;1-13-7-8-14(20)11-16(13)21-17(23)15-12-22(18(2,3)4)10-9-19(15,5)6;1-3-7-12-10(5-1)9-11-6-2-4-8-13(11)12;1-10(2,3)12-8-6-11(4,5)7-9-12;2*1-8-7-5-3-2-4-6-7;1-7-5-3-2-4-6-7;1-3-5-7-6-4-2;7-6-4-2-1-3-5-6;1-2-4-6-5-3-1;6-5-3-1-2-4-5/h12-15,18H,5-11,16-17H2,1-4H3;16H,7-15H2,1-6H3;7-8,11-12H,9-10,20H2,1-6H3,(H,21,23);1-8H,9H2;6,8H,7,9H2,1-5H3;2-6,8H,1H3;2-6H,1H3;2-6H,1H3;3-7H2,1-2H3;1-5H,7H2;1-6H;1-4H2. The number of allylic oxidation sites excluding steroid dienone is 3. The van der Waals surface area contributed by atoms with Crippen LogP contribution in [0.1, 0.15) is 347 Å². The predicted molar refractivity (Wildman–Crippen MR) is 625 cm³/mol. The number of hydrogen-bond donors (Lipinski definition) is 4. The molecule has 13 heteroatoms. The first-order valence-corrected chi connectivity index (χ1v) is 54.4. The highest BCUT2D eigenvalue weighted by molar-refractivity contribution is 6.05. The molecule has 9 aromatic rings. The van der Waals surface area contributed by atoms with E-state index in [2.05, 4.69) is 299 Å². The summed E-state index contributed by atoms with van der Waals surface area (Å²) < 4.78 is 4.91. The Morgan fingerprint density at radius 1 is 0.396 bits per heavy atom. The molecule has 6 aliphatic rings. The molecule has 1 saturated carbocycles. The Kier molecular flexibility index (Phi) is 58.0. The molecular weight excluding hydrogens is 1770 g/mol. The maximum atomic E-state index is 12.9. The maximum Gasteiger partial charge on any atom is 0.253 e. The number of carbonyl (C=O) groups is 4. The summed E-state index contributed by atoms with van der Waals surface area (Å²) >= 11 is 0. The van der Waals surface area contributed by atoms with Gasteiger partial charge < -0.3 is 46.4 Å². The number of carbonyl (C=O) groups excluding carboxylic acids is 4. The topological polar surface area (TPSA) is 167 Å². The van der Waals surface area contributed by atoms with Gasteiger partial charge in [-0.05, 0) is 257 Å². The van der Waals surface area contributed by atoms with E-state index in [1.807, 2.05) is 184 Å². The number of nitrogens with one attached hydrogen (secondary N) is 2. The summed E-state index contributed by atoms with van der Waals surface area (Å²) in [6, 6.07) is 83.0. The first-order valence-electron chi connectivity index (χ1n) is 54.4. The van der Waals surface area contributed by atoms with Gasteiger partial charge in [0.1, 0.15) is 11.5 Å². The minimum Gasteiger partial charge on any atom is -0.497 e. The third-order valence-corrected chi connectivity index (χ3v) is 27.0. The van der Waals surface area contributed by atoms with Gasteiger partial charge in [-0.2, -0.15) is 0 Å². The summed E-state index contributed by atoms with van der Waals surface area (Å²) in [6.07, 6.45) is 43.5. The van der Waals surface area contributed by atoms with Crippen LogP contribution in [-0.4, -0.2) is 94.9 Å². The fraction of sp³-hybridized carbons (Fsp3) is 0.496. The molecule has 0 radical (unpaired) electrons. The van der Waals surface area contributed by atoms with Crippen LogP contribution in [0.25, 0.3) is 11.1 Å². The number of aryl methyl sites for hydroxylation is 3. The second-order valence-corrected chi connectivity index (χ2v) is 44.8. The van der Waals surface area contributed by atoms with E-state index in [4.69, 9.17) is 16.2 Å². The molecule has 4 heterocycles. The lowest BCUT2D eigenvalue weighted by molar-refractivity contribution is -0.118. The fourth-order valence-corrected chi connectivity index (χ4v) is 16.9. The molecule has 0 saturated heterocycles. The quantitative estimate of drug-likeness (QED) is 0.0316. The van der Waals surface area contributed by atoms with Gasteiger partial charge in [-0.3, -0.25) is 19.2 Å². The van der Waals surface area contributed by atoms with Crippen LogP contribution in [0.15, 0.2) is 296 Å². The van der Waals surface area contributed by atoms with E-state index in [9.17, 15) is 19.2 Å². The predicted octanol–water partition coefficient (Wildman–Crippen LogP) is 34.9. The molecule has 788 valence electrons. The number of hydrogen-bond acceptors (Lipinski definition) is 12. The number of methoxy groups -OCH3 is 1. The van der Waals surface area contributed by atoms with Crippen molar-refractivity contribution in [1.29, 1.82) is 0 Å². The van der Waals surface area contributed by atoms with Gasteiger partial charge >= 0.3 is 0 Å². The Morgan fingerprint density at radius 2 is 0.764 bits per heavy atom. The van der Waals surface area contributed by atoms with Crippen molar-refractivity contribution in [3.63, 3.8) is 0 Å². The number of ketones is 3. The molecule has 144 heavy (non-hydrogen) atoms. The van der Waals surface area contributed by atoms with Crippen LogP contribution in [0.4, 0.5) is 28.4 Å². The van der Waals surface area contributed by atoms with Crippen molar-refractivity contribution >= 4 is 51.7 Å². The van der Waals surface area contributed by atoms with Gasteiger partial charge in [0.05, 0.1) is 7.11 Å². The number of amides is 1. The minimum absolute atomic E-state index is 0.00905. The van der Waals surface area contributed by atoms with E-state index >= 15 is 0 Å². The van der Waals surface area contributed by atoms with Crippen LogP contribution in [0.3, 0.4) is 0 Å². The molecule has 15 rings (SSSR count). The number of benzene rings is 9. The van der Waals surface area contributed by atoms with Gasteiger partial charge in [-0.15, -0.1) is 0 Å². The summed E-state index contributed by atoms with van der Waals surface area (Å²) in [7, 11) is 3.57. The van der Waals surface area contributed by atoms with Crippen molar-refractivity contribution in [2.45, 2.75) is 363 Å². The van der Waals surface area contributed by atoms with Crippen molar-refractivity contribution in [2.24, 2.45) is 21.7 Å². The number of fused-ring (bicyclic) bond motifs is 3.